The predicted molar refractivity (Wildman–Crippen MR) is 86.5 cm³/mol. The summed E-state index contributed by atoms with van der Waals surface area (Å²) in [6.07, 6.45) is 6.07. The SMILES string of the molecule is COC(=O)[C@@]1(C)CCc2c(ccc3c2CCCC3)[C@@H]1CC(=O)O. The summed E-state index contributed by atoms with van der Waals surface area (Å²) in [5.41, 5.74) is 4.41. The van der Waals surface area contributed by atoms with Gasteiger partial charge in [0.05, 0.1) is 18.9 Å². The molecular formula is C19H24O4. The molecule has 1 aromatic rings. The Kier molecular flexibility index (Phi) is 4.17. The number of fused-ring (bicyclic) bond motifs is 3. The molecule has 0 amide bonds. The molecule has 2 atom stereocenters. The van der Waals surface area contributed by atoms with Crippen LogP contribution >= 0.6 is 0 Å². The number of ether oxygens (including phenoxy) is 1. The van der Waals surface area contributed by atoms with Crippen molar-refractivity contribution in [3.8, 4) is 0 Å². The maximum Gasteiger partial charge on any atom is 0.312 e. The molecule has 0 spiro atoms. The summed E-state index contributed by atoms with van der Waals surface area (Å²) in [6, 6.07) is 4.21. The molecule has 0 fully saturated rings. The molecule has 0 bridgehead atoms. The van der Waals surface area contributed by atoms with Gasteiger partial charge in [0.1, 0.15) is 0 Å². The summed E-state index contributed by atoms with van der Waals surface area (Å²) in [5, 5.41) is 9.36. The monoisotopic (exact) mass is 316 g/mol. The van der Waals surface area contributed by atoms with Crippen LogP contribution < -0.4 is 0 Å². The summed E-state index contributed by atoms with van der Waals surface area (Å²) >= 11 is 0. The summed E-state index contributed by atoms with van der Waals surface area (Å²) in [5.74, 6) is -1.48. The summed E-state index contributed by atoms with van der Waals surface area (Å²) in [6.45, 7) is 1.86. The van der Waals surface area contributed by atoms with Gasteiger partial charge >= 0.3 is 11.9 Å². The lowest BCUT2D eigenvalue weighted by atomic mass is 9.62. The maximum absolute atomic E-state index is 12.4. The molecule has 3 rings (SSSR count). The van der Waals surface area contributed by atoms with E-state index in [-0.39, 0.29) is 18.3 Å². The Labute approximate surface area is 136 Å². The number of carboxylic acid groups (broad SMARTS) is 1. The number of hydrogen-bond acceptors (Lipinski definition) is 3. The molecule has 1 aromatic carbocycles. The molecule has 124 valence electrons. The second-order valence-electron chi connectivity index (χ2n) is 7.04. The van der Waals surface area contributed by atoms with Gasteiger partial charge in [-0.1, -0.05) is 12.1 Å². The van der Waals surface area contributed by atoms with Crippen molar-refractivity contribution in [3.05, 3.63) is 34.4 Å². The molecule has 2 aliphatic rings. The van der Waals surface area contributed by atoms with Crippen LogP contribution in [-0.4, -0.2) is 24.2 Å². The normalized spacial score (nSPS) is 26.1. The average Bonchev–Trinajstić information content (AvgIpc) is 2.56. The molecular weight excluding hydrogens is 292 g/mol. The fourth-order valence-corrected chi connectivity index (χ4v) is 4.43. The van der Waals surface area contributed by atoms with Gasteiger partial charge in [0.25, 0.3) is 0 Å². The van der Waals surface area contributed by atoms with Crippen molar-refractivity contribution in [2.75, 3.05) is 7.11 Å². The zero-order chi connectivity index (χ0) is 16.6. The maximum atomic E-state index is 12.4. The minimum Gasteiger partial charge on any atom is -0.481 e. The van der Waals surface area contributed by atoms with Crippen LogP contribution in [0.3, 0.4) is 0 Å². The number of carboxylic acids is 1. The third-order valence-electron chi connectivity index (χ3n) is 5.76. The Morgan fingerprint density at radius 2 is 1.96 bits per heavy atom. The van der Waals surface area contributed by atoms with Gasteiger partial charge in [-0.2, -0.15) is 0 Å². The van der Waals surface area contributed by atoms with Gasteiger partial charge in [-0.3, -0.25) is 9.59 Å². The first-order valence-electron chi connectivity index (χ1n) is 8.41. The third kappa shape index (κ3) is 2.64. The van der Waals surface area contributed by atoms with E-state index in [2.05, 4.69) is 12.1 Å². The standard InChI is InChI=1S/C19H24O4/c1-19(18(22)23-2)10-9-14-13-6-4-3-5-12(13)7-8-15(14)16(19)11-17(20)21/h7-8,16H,3-6,9-11H2,1-2H3,(H,20,21)/t16-,19-/m0/s1. The first-order valence-corrected chi connectivity index (χ1v) is 8.41. The first kappa shape index (κ1) is 16.0. The number of rotatable bonds is 3. The van der Waals surface area contributed by atoms with Crippen molar-refractivity contribution >= 4 is 11.9 Å². The fourth-order valence-electron chi connectivity index (χ4n) is 4.43. The first-order chi connectivity index (χ1) is 11.0. The molecule has 1 N–H and O–H groups in total. The van der Waals surface area contributed by atoms with Crippen molar-refractivity contribution in [1.29, 1.82) is 0 Å². The predicted octanol–water partition coefficient (Wildman–Crippen LogP) is 3.25. The van der Waals surface area contributed by atoms with E-state index < -0.39 is 11.4 Å². The number of aryl methyl sites for hydroxylation is 1. The summed E-state index contributed by atoms with van der Waals surface area (Å²) in [7, 11) is 1.38. The smallest absolute Gasteiger partial charge is 0.312 e. The van der Waals surface area contributed by atoms with E-state index >= 15 is 0 Å². The largest absolute Gasteiger partial charge is 0.481 e. The van der Waals surface area contributed by atoms with Gasteiger partial charge in [0.15, 0.2) is 0 Å². The Morgan fingerprint density at radius 3 is 2.65 bits per heavy atom. The lowest BCUT2D eigenvalue weighted by molar-refractivity contribution is -0.155. The van der Waals surface area contributed by atoms with Gasteiger partial charge in [-0.15, -0.1) is 0 Å². The lowest BCUT2D eigenvalue weighted by Crippen LogP contribution is -2.40. The van der Waals surface area contributed by atoms with Crippen LogP contribution in [0.1, 0.15) is 60.8 Å². The zero-order valence-electron chi connectivity index (χ0n) is 13.9. The van der Waals surface area contributed by atoms with Crippen molar-refractivity contribution in [2.45, 2.75) is 57.8 Å². The van der Waals surface area contributed by atoms with Gasteiger partial charge in [-0.25, -0.2) is 0 Å². The van der Waals surface area contributed by atoms with E-state index in [9.17, 15) is 14.7 Å². The molecule has 0 saturated heterocycles. The van der Waals surface area contributed by atoms with Gasteiger partial charge in [0, 0.05) is 5.92 Å². The van der Waals surface area contributed by atoms with E-state index in [1.54, 1.807) is 0 Å². The van der Waals surface area contributed by atoms with Crippen molar-refractivity contribution < 1.29 is 19.4 Å². The van der Waals surface area contributed by atoms with Crippen LogP contribution in [0, 0.1) is 5.41 Å². The number of methoxy groups -OCH3 is 1. The highest BCUT2D eigenvalue weighted by Gasteiger charge is 2.47. The van der Waals surface area contributed by atoms with Gasteiger partial charge in [-0.05, 0) is 67.7 Å². The molecule has 2 aliphatic carbocycles. The number of esters is 1. The quantitative estimate of drug-likeness (QED) is 0.870. The molecule has 4 heteroatoms. The Bertz CT molecular complexity index is 649. The van der Waals surface area contributed by atoms with Crippen molar-refractivity contribution in [2.24, 2.45) is 5.41 Å². The van der Waals surface area contributed by atoms with E-state index in [1.165, 1.54) is 36.6 Å². The topological polar surface area (TPSA) is 63.6 Å². The van der Waals surface area contributed by atoms with Crippen LogP contribution in [0.15, 0.2) is 12.1 Å². The molecule has 0 aromatic heterocycles. The average molecular weight is 316 g/mol. The number of hydrogen-bond donors (Lipinski definition) is 1. The van der Waals surface area contributed by atoms with Crippen LogP contribution in [0.5, 0.6) is 0 Å². The minimum absolute atomic E-state index is 0.0304. The molecule has 23 heavy (non-hydrogen) atoms. The summed E-state index contributed by atoms with van der Waals surface area (Å²) in [4.78, 5) is 23.8. The molecule has 0 unspecified atom stereocenters. The van der Waals surface area contributed by atoms with E-state index in [4.69, 9.17) is 4.74 Å². The molecule has 0 radical (unpaired) electrons. The molecule has 0 heterocycles. The van der Waals surface area contributed by atoms with E-state index in [0.29, 0.717) is 6.42 Å². The number of carbonyl (C=O) groups is 2. The number of carbonyl (C=O) groups excluding carboxylic acids is 1. The van der Waals surface area contributed by atoms with Crippen LogP contribution in [0.2, 0.25) is 0 Å². The number of benzene rings is 1. The molecule has 4 nitrogen and oxygen atoms in total. The van der Waals surface area contributed by atoms with Crippen LogP contribution in [-0.2, 0) is 33.6 Å². The van der Waals surface area contributed by atoms with Crippen LogP contribution in [0.25, 0.3) is 0 Å². The highest BCUT2D eigenvalue weighted by atomic mass is 16.5. The molecule has 0 aliphatic heterocycles. The zero-order valence-corrected chi connectivity index (χ0v) is 13.9. The van der Waals surface area contributed by atoms with Gasteiger partial charge < -0.3 is 9.84 Å². The lowest BCUT2D eigenvalue weighted by Gasteiger charge is -2.41. The Hall–Kier alpha value is -1.84. The van der Waals surface area contributed by atoms with Crippen molar-refractivity contribution in [3.63, 3.8) is 0 Å². The van der Waals surface area contributed by atoms with Crippen molar-refractivity contribution in [1.82, 2.24) is 0 Å². The fraction of sp³-hybridized carbons (Fsp3) is 0.579. The second-order valence-corrected chi connectivity index (χ2v) is 7.04. The number of aliphatic carboxylic acids is 1. The Morgan fingerprint density at radius 1 is 1.22 bits per heavy atom. The third-order valence-corrected chi connectivity index (χ3v) is 5.76. The Balaban J connectivity index is 2.10. The van der Waals surface area contributed by atoms with Gasteiger partial charge in [0.2, 0.25) is 0 Å². The molecule has 0 saturated carbocycles. The van der Waals surface area contributed by atoms with E-state index in [1.807, 2.05) is 6.92 Å². The van der Waals surface area contributed by atoms with Crippen LogP contribution in [0.4, 0.5) is 0 Å². The summed E-state index contributed by atoms with van der Waals surface area (Å²) < 4.78 is 5.00. The highest BCUT2D eigenvalue weighted by molar-refractivity contribution is 5.80. The van der Waals surface area contributed by atoms with E-state index in [0.717, 1.165) is 24.8 Å². The second kappa shape index (κ2) is 5.99. The highest BCUT2D eigenvalue weighted by Crippen LogP contribution is 2.49. The minimum atomic E-state index is -0.865.